The number of hydrogen-bond acceptors (Lipinski definition) is 6. The number of cyclic esters (lactones) is 1. The van der Waals surface area contributed by atoms with Crippen molar-refractivity contribution < 1.29 is 30.0 Å². The van der Waals surface area contributed by atoms with E-state index in [1.54, 1.807) is 0 Å². The van der Waals surface area contributed by atoms with Gasteiger partial charge in [0.05, 0.1) is 36.9 Å². The normalized spacial score (nSPS) is 47.1. The number of fused-ring (bicyclic) bond motifs is 5. The maximum absolute atomic E-state index is 13.0. The van der Waals surface area contributed by atoms with Crippen molar-refractivity contribution in [1.29, 1.82) is 0 Å². The number of aliphatic hydroxyl groups is 4. The molecular weight excluding hydrogens is 444 g/mol. The van der Waals surface area contributed by atoms with Crippen molar-refractivity contribution >= 4 is 5.97 Å². The Labute approximate surface area is 211 Å². The molecular formula is C29H50O6. The van der Waals surface area contributed by atoms with Gasteiger partial charge in [-0.05, 0) is 90.8 Å². The predicted octanol–water partition coefficient (Wildman–Crippen LogP) is 3.78. The average molecular weight is 495 g/mol. The lowest BCUT2D eigenvalue weighted by Gasteiger charge is -2.56. The van der Waals surface area contributed by atoms with E-state index in [1.165, 1.54) is 0 Å². The zero-order chi connectivity index (χ0) is 25.9. The zero-order valence-corrected chi connectivity index (χ0v) is 22.7. The molecule has 6 heteroatoms. The molecule has 4 fully saturated rings. The molecule has 202 valence electrons. The van der Waals surface area contributed by atoms with Crippen molar-refractivity contribution in [3.63, 3.8) is 0 Å². The van der Waals surface area contributed by atoms with Crippen LogP contribution in [0.5, 0.6) is 0 Å². The molecule has 0 amide bonds. The zero-order valence-electron chi connectivity index (χ0n) is 22.7. The van der Waals surface area contributed by atoms with Crippen LogP contribution in [0.1, 0.15) is 86.5 Å². The molecule has 1 saturated heterocycles. The summed E-state index contributed by atoms with van der Waals surface area (Å²) in [5.74, 6) is 1.01. The van der Waals surface area contributed by atoms with Crippen molar-refractivity contribution in [3.8, 4) is 0 Å². The first kappa shape index (κ1) is 27.3. The summed E-state index contributed by atoms with van der Waals surface area (Å²) in [7, 11) is 0. The Morgan fingerprint density at radius 3 is 2.26 bits per heavy atom. The third kappa shape index (κ3) is 4.38. The minimum atomic E-state index is -0.867. The van der Waals surface area contributed by atoms with Gasteiger partial charge in [0.1, 0.15) is 0 Å². The largest absolute Gasteiger partial charge is 0.465 e. The molecule has 3 aliphatic carbocycles. The van der Waals surface area contributed by atoms with Crippen LogP contribution in [0, 0.1) is 58.2 Å². The van der Waals surface area contributed by atoms with Crippen LogP contribution < -0.4 is 0 Å². The van der Waals surface area contributed by atoms with E-state index in [9.17, 15) is 25.2 Å². The topological polar surface area (TPSA) is 107 Å². The summed E-state index contributed by atoms with van der Waals surface area (Å²) in [4.78, 5) is 13.0. The average Bonchev–Trinajstić information content (AvgIpc) is 3.11. The van der Waals surface area contributed by atoms with Gasteiger partial charge in [-0.25, -0.2) is 0 Å². The van der Waals surface area contributed by atoms with Gasteiger partial charge in [0, 0.05) is 0 Å². The molecule has 0 aromatic heterocycles. The van der Waals surface area contributed by atoms with Gasteiger partial charge in [0.25, 0.3) is 0 Å². The summed E-state index contributed by atoms with van der Waals surface area (Å²) in [6.07, 6.45) is 2.49. The monoisotopic (exact) mass is 494 g/mol. The molecule has 0 aromatic rings. The van der Waals surface area contributed by atoms with Crippen molar-refractivity contribution in [2.24, 2.45) is 58.2 Å². The fraction of sp³-hybridized carbons (Fsp3) is 0.966. The molecule has 1 aliphatic heterocycles. The third-order valence-corrected chi connectivity index (χ3v) is 11.7. The molecule has 0 unspecified atom stereocenters. The van der Waals surface area contributed by atoms with Gasteiger partial charge in [-0.15, -0.1) is 0 Å². The van der Waals surface area contributed by atoms with Gasteiger partial charge in [0.15, 0.2) is 0 Å². The SMILES string of the molecule is CC[C@H](C(C)C)[C@H](O)[C@@H](O)[C@@H](C)[C@@H]1CC[C@@H]2[C@@H]3COC(=O)[C@H]4C[C@H](O)[C@H](O)C[C@]4(C)[C@@H]3CC[C@@]21C. The number of aliphatic hydroxyl groups excluding tert-OH is 4. The Bertz CT molecular complexity index is 770. The number of rotatable bonds is 6. The van der Waals surface area contributed by atoms with E-state index in [-0.39, 0.29) is 52.8 Å². The van der Waals surface area contributed by atoms with E-state index >= 15 is 0 Å². The third-order valence-electron chi connectivity index (χ3n) is 11.7. The highest BCUT2D eigenvalue weighted by atomic mass is 16.5. The molecule has 1 heterocycles. The lowest BCUT2D eigenvalue weighted by atomic mass is 9.48. The van der Waals surface area contributed by atoms with Crippen LogP contribution in [0.4, 0.5) is 0 Å². The van der Waals surface area contributed by atoms with Gasteiger partial charge < -0.3 is 25.2 Å². The first-order chi connectivity index (χ1) is 16.4. The van der Waals surface area contributed by atoms with Crippen LogP contribution in [-0.4, -0.2) is 57.4 Å². The molecule has 13 atom stereocenters. The maximum Gasteiger partial charge on any atom is 0.309 e. The minimum Gasteiger partial charge on any atom is -0.465 e. The summed E-state index contributed by atoms with van der Waals surface area (Å²) in [5, 5.41) is 43.2. The van der Waals surface area contributed by atoms with Gasteiger partial charge in [-0.1, -0.05) is 48.0 Å². The molecule has 3 saturated carbocycles. The molecule has 0 spiro atoms. The molecule has 4 rings (SSSR count). The van der Waals surface area contributed by atoms with Crippen LogP contribution in [0.3, 0.4) is 0 Å². The standard InChI is InChI=1S/C29H50O6/c1-7-17(15(2)3)26(33)25(32)16(4)19-8-9-20-18-14-35-27(34)22-12-23(30)24(31)13-29(22,6)21(18)10-11-28(19,20)5/h15-26,30-33H,7-14H2,1-6H3/t16-,17+,18-,19-,20+,21+,22+,23-,24+,25-,26-,28+,29+/m0/s1. The molecule has 0 aromatic carbocycles. The highest BCUT2D eigenvalue weighted by Gasteiger charge is 2.63. The Kier molecular flexibility index (Phi) is 7.72. The first-order valence-corrected chi connectivity index (χ1v) is 14.3. The fourth-order valence-electron chi connectivity index (χ4n) is 9.60. The quantitative estimate of drug-likeness (QED) is 0.419. The molecule has 35 heavy (non-hydrogen) atoms. The van der Waals surface area contributed by atoms with Crippen molar-refractivity contribution in [1.82, 2.24) is 0 Å². The van der Waals surface area contributed by atoms with E-state index in [4.69, 9.17) is 4.74 Å². The van der Waals surface area contributed by atoms with Gasteiger partial charge in [-0.2, -0.15) is 0 Å². The van der Waals surface area contributed by atoms with E-state index in [2.05, 4.69) is 41.5 Å². The highest BCUT2D eigenvalue weighted by Crippen LogP contribution is 2.66. The van der Waals surface area contributed by atoms with Crippen molar-refractivity contribution in [2.45, 2.75) is 111 Å². The molecule has 6 nitrogen and oxygen atoms in total. The second kappa shape index (κ2) is 9.89. The Morgan fingerprint density at radius 1 is 0.971 bits per heavy atom. The van der Waals surface area contributed by atoms with E-state index in [0.717, 1.165) is 32.1 Å². The van der Waals surface area contributed by atoms with Crippen LogP contribution >= 0.6 is 0 Å². The maximum atomic E-state index is 13.0. The lowest BCUT2D eigenvalue weighted by molar-refractivity contribution is -0.162. The van der Waals surface area contributed by atoms with E-state index in [0.29, 0.717) is 30.8 Å². The summed E-state index contributed by atoms with van der Waals surface area (Å²) in [5.41, 5.74) is -0.348. The number of esters is 1. The Hall–Kier alpha value is -0.690. The second-order valence-corrected chi connectivity index (χ2v) is 13.5. The molecule has 4 aliphatic rings. The van der Waals surface area contributed by atoms with Gasteiger partial charge >= 0.3 is 5.97 Å². The summed E-state index contributed by atoms with van der Waals surface area (Å²) < 4.78 is 5.88. The van der Waals surface area contributed by atoms with Crippen LogP contribution in [-0.2, 0) is 9.53 Å². The lowest BCUT2D eigenvalue weighted by Crippen LogP contribution is -2.55. The number of carbonyl (C=O) groups excluding carboxylic acids is 1. The first-order valence-electron chi connectivity index (χ1n) is 14.3. The predicted molar refractivity (Wildman–Crippen MR) is 134 cm³/mol. The summed E-state index contributed by atoms with van der Waals surface area (Å²) >= 11 is 0. The van der Waals surface area contributed by atoms with Crippen molar-refractivity contribution in [2.75, 3.05) is 6.61 Å². The van der Waals surface area contributed by atoms with E-state index < -0.39 is 24.4 Å². The molecule has 0 bridgehead atoms. The van der Waals surface area contributed by atoms with Crippen LogP contribution in [0.15, 0.2) is 0 Å². The Balaban J connectivity index is 1.57. The van der Waals surface area contributed by atoms with Crippen molar-refractivity contribution in [3.05, 3.63) is 0 Å². The van der Waals surface area contributed by atoms with Gasteiger partial charge in [-0.3, -0.25) is 4.79 Å². The number of hydrogen-bond donors (Lipinski definition) is 4. The smallest absolute Gasteiger partial charge is 0.309 e. The van der Waals surface area contributed by atoms with Crippen LogP contribution in [0.25, 0.3) is 0 Å². The minimum absolute atomic E-state index is 0.00679. The Morgan fingerprint density at radius 2 is 1.63 bits per heavy atom. The highest BCUT2D eigenvalue weighted by molar-refractivity contribution is 5.74. The fourth-order valence-corrected chi connectivity index (χ4v) is 9.60. The summed E-state index contributed by atoms with van der Waals surface area (Å²) in [6, 6.07) is 0. The summed E-state index contributed by atoms with van der Waals surface area (Å²) in [6.45, 7) is 13.4. The van der Waals surface area contributed by atoms with E-state index in [1.807, 2.05) is 0 Å². The molecule has 0 radical (unpaired) electrons. The number of carbonyl (C=O) groups is 1. The number of ether oxygens (including phenoxy) is 1. The molecule has 4 N–H and O–H groups in total. The van der Waals surface area contributed by atoms with Gasteiger partial charge in [0.2, 0.25) is 0 Å². The van der Waals surface area contributed by atoms with Crippen LogP contribution in [0.2, 0.25) is 0 Å². The second-order valence-electron chi connectivity index (χ2n) is 13.5.